The Morgan fingerprint density at radius 1 is 0.229 bits per heavy atom. The lowest BCUT2D eigenvalue weighted by Gasteiger charge is -2.31. The highest BCUT2D eigenvalue weighted by molar-refractivity contribution is 6.22. The first-order valence-electron chi connectivity index (χ1n) is 24.4. The summed E-state index contributed by atoms with van der Waals surface area (Å²) in [7, 11) is 0. The highest BCUT2D eigenvalue weighted by atomic mass is 14.8. The number of aromatic nitrogens is 2. The third kappa shape index (κ3) is 4.64. The van der Waals surface area contributed by atoms with Crippen molar-refractivity contribution in [3.05, 3.63) is 287 Å². The molecular weight excluding hydrogens is 845 g/mol. The van der Waals surface area contributed by atoms with Crippen LogP contribution in [0.5, 0.6) is 0 Å². The molecule has 1 aromatic heterocycles. The molecule has 0 fully saturated rings. The number of rotatable bonds is 3. The van der Waals surface area contributed by atoms with Gasteiger partial charge in [-0.15, -0.1) is 0 Å². The molecule has 4 aliphatic rings. The highest BCUT2D eigenvalue weighted by Gasteiger charge is 2.53. The van der Waals surface area contributed by atoms with Crippen LogP contribution >= 0.6 is 0 Å². The average molecular weight is 885 g/mol. The second kappa shape index (κ2) is 13.8. The maximum atomic E-state index is 4.79. The summed E-state index contributed by atoms with van der Waals surface area (Å²) in [5.41, 5.74) is 26.1. The zero-order valence-electron chi connectivity index (χ0n) is 38.0. The second-order valence-electron chi connectivity index (χ2n) is 19.4. The number of nitrogens with zero attached hydrogens (tertiary/aromatic N) is 2. The van der Waals surface area contributed by atoms with E-state index in [9.17, 15) is 0 Å². The molecule has 0 saturated carbocycles. The minimum Gasteiger partial charge on any atom is -0.237 e. The molecule has 0 aliphatic heterocycles. The Hall–Kier alpha value is -8.98. The van der Waals surface area contributed by atoms with E-state index in [0.717, 1.165) is 5.56 Å². The molecular formula is C68H40N2. The smallest absolute Gasteiger partial charge is 0.159 e. The third-order valence-corrected chi connectivity index (χ3v) is 16.4. The summed E-state index contributed by atoms with van der Waals surface area (Å²) in [6, 6.07) is 87.0. The van der Waals surface area contributed by atoms with Crippen LogP contribution < -0.4 is 0 Å². The molecule has 0 unspecified atom stereocenters. The minimum absolute atomic E-state index is 0.450. The number of benzene rings is 11. The van der Waals surface area contributed by atoms with E-state index in [0.29, 0.717) is 5.82 Å². The first-order chi connectivity index (χ1) is 34.7. The van der Waals surface area contributed by atoms with Crippen LogP contribution in [0.4, 0.5) is 0 Å². The van der Waals surface area contributed by atoms with Gasteiger partial charge in [-0.1, -0.05) is 206 Å². The van der Waals surface area contributed by atoms with Gasteiger partial charge in [0.1, 0.15) is 0 Å². The Balaban J connectivity index is 0.993. The standard InChI is InChI=1S/C68H40N2/c1-2-23-53-52(22-1)64(41-30-33-50-48-20-7-13-28-60(48)67(62(50)39-41)56-24-9-3-16-44(56)45-17-4-10-25-57(45)67)54-35-32-43(66-69-36-15-37-70-66)38-55(54)65(53)42-31-34-51-49-21-8-14-29-61(49)68(63(51)40-42)58-26-11-5-18-46(58)47-19-6-12-27-59(47)68/h1-40H. The minimum atomic E-state index is -0.459. The van der Waals surface area contributed by atoms with Crippen LogP contribution in [0.3, 0.4) is 0 Å². The molecule has 0 N–H and O–H groups in total. The van der Waals surface area contributed by atoms with Gasteiger partial charge in [-0.25, -0.2) is 9.97 Å². The van der Waals surface area contributed by atoms with Gasteiger partial charge in [-0.2, -0.15) is 0 Å². The first kappa shape index (κ1) is 38.0. The normalized spacial score (nSPS) is 14.2. The summed E-state index contributed by atoms with van der Waals surface area (Å²) < 4.78 is 0. The highest BCUT2D eigenvalue weighted by Crippen LogP contribution is 2.65. The van der Waals surface area contributed by atoms with E-state index in [-0.39, 0.29) is 0 Å². The quantitative estimate of drug-likeness (QED) is 0.165. The Morgan fingerprint density at radius 3 is 0.943 bits per heavy atom. The molecule has 12 aromatic rings. The first-order valence-corrected chi connectivity index (χ1v) is 24.4. The fourth-order valence-electron chi connectivity index (χ4n) is 13.9. The summed E-state index contributed by atoms with van der Waals surface area (Å²) >= 11 is 0. The van der Waals surface area contributed by atoms with Crippen molar-refractivity contribution in [2.24, 2.45) is 0 Å². The van der Waals surface area contributed by atoms with Crippen LogP contribution in [0.2, 0.25) is 0 Å². The van der Waals surface area contributed by atoms with Crippen LogP contribution in [0.25, 0.3) is 99.7 Å². The van der Waals surface area contributed by atoms with Crippen molar-refractivity contribution in [2.75, 3.05) is 0 Å². The monoisotopic (exact) mass is 884 g/mol. The second-order valence-corrected chi connectivity index (χ2v) is 19.4. The lowest BCUT2D eigenvalue weighted by atomic mass is 9.70. The van der Waals surface area contributed by atoms with Crippen molar-refractivity contribution in [3.63, 3.8) is 0 Å². The van der Waals surface area contributed by atoms with Crippen molar-refractivity contribution in [2.45, 2.75) is 10.8 Å². The van der Waals surface area contributed by atoms with E-state index in [1.54, 1.807) is 0 Å². The van der Waals surface area contributed by atoms with Gasteiger partial charge < -0.3 is 0 Å². The summed E-state index contributed by atoms with van der Waals surface area (Å²) in [5, 5.41) is 4.80. The molecule has 11 aromatic carbocycles. The van der Waals surface area contributed by atoms with Crippen molar-refractivity contribution in [3.8, 4) is 78.1 Å². The van der Waals surface area contributed by atoms with E-state index in [4.69, 9.17) is 9.97 Å². The number of hydrogen-bond donors (Lipinski definition) is 0. The van der Waals surface area contributed by atoms with E-state index in [2.05, 4.69) is 224 Å². The van der Waals surface area contributed by atoms with Gasteiger partial charge in [0.15, 0.2) is 5.82 Å². The Labute approximate surface area is 405 Å². The Bertz CT molecular complexity index is 4130. The molecule has 0 bridgehead atoms. The van der Waals surface area contributed by atoms with Crippen molar-refractivity contribution in [1.82, 2.24) is 9.97 Å². The van der Waals surface area contributed by atoms with Crippen molar-refractivity contribution in [1.29, 1.82) is 0 Å². The zero-order valence-corrected chi connectivity index (χ0v) is 38.0. The Morgan fingerprint density at radius 2 is 0.543 bits per heavy atom. The predicted molar refractivity (Wildman–Crippen MR) is 286 cm³/mol. The van der Waals surface area contributed by atoms with E-state index in [1.165, 1.54) is 133 Å². The predicted octanol–water partition coefficient (Wildman–Crippen LogP) is 16.5. The van der Waals surface area contributed by atoms with Gasteiger partial charge in [0, 0.05) is 18.0 Å². The average Bonchev–Trinajstić information content (AvgIpc) is 4.11. The molecule has 1 heterocycles. The van der Waals surface area contributed by atoms with E-state index in [1.807, 2.05) is 18.5 Å². The molecule has 322 valence electrons. The maximum Gasteiger partial charge on any atom is 0.159 e. The van der Waals surface area contributed by atoms with Crippen LogP contribution in [-0.2, 0) is 10.8 Å². The van der Waals surface area contributed by atoms with Crippen LogP contribution in [0.15, 0.2) is 243 Å². The van der Waals surface area contributed by atoms with Crippen LogP contribution in [0, 0.1) is 0 Å². The molecule has 0 saturated heterocycles. The number of hydrogen-bond acceptors (Lipinski definition) is 2. The van der Waals surface area contributed by atoms with Crippen molar-refractivity contribution >= 4 is 21.5 Å². The lowest BCUT2D eigenvalue weighted by Crippen LogP contribution is -2.25. The fraction of sp³-hybridized carbons (Fsp3) is 0.0294. The van der Waals surface area contributed by atoms with Gasteiger partial charge >= 0.3 is 0 Å². The molecule has 0 atom stereocenters. The van der Waals surface area contributed by atoms with Gasteiger partial charge in [0.25, 0.3) is 0 Å². The maximum absolute atomic E-state index is 4.79. The van der Waals surface area contributed by atoms with Gasteiger partial charge in [0.2, 0.25) is 0 Å². The molecule has 2 heteroatoms. The number of fused-ring (bicyclic) bond motifs is 22. The fourth-order valence-corrected chi connectivity index (χ4v) is 13.9. The summed E-state index contributed by atoms with van der Waals surface area (Å²) in [6.07, 6.45) is 3.68. The van der Waals surface area contributed by atoms with E-state index < -0.39 is 10.8 Å². The molecule has 2 nitrogen and oxygen atoms in total. The van der Waals surface area contributed by atoms with Gasteiger partial charge in [0.05, 0.1) is 10.8 Å². The van der Waals surface area contributed by atoms with E-state index >= 15 is 0 Å². The van der Waals surface area contributed by atoms with Crippen molar-refractivity contribution < 1.29 is 0 Å². The van der Waals surface area contributed by atoms with Gasteiger partial charge in [-0.05, 0) is 157 Å². The molecule has 16 rings (SSSR count). The largest absolute Gasteiger partial charge is 0.237 e. The summed E-state index contributed by atoms with van der Waals surface area (Å²) in [6.45, 7) is 0. The molecule has 70 heavy (non-hydrogen) atoms. The van der Waals surface area contributed by atoms with Gasteiger partial charge in [-0.3, -0.25) is 0 Å². The topological polar surface area (TPSA) is 25.8 Å². The Kier molecular flexibility index (Phi) is 7.51. The lowest BCUT2D eigenvalue weighted by molar-refractivity contribution is 0.794. The molecule has 0 amide bonds. The summed E-state index contributed by atoms with van der Waals surface area (Å²) in [4.78, 5) is 9.58. The zero-order chi connectivity index (χ0) is 45.7. The SMILES string of the molecule is c1cnc(-c2ccc3c(-c4ccc5c(c4)C4(c6ccccc6-c6ccccc64)c4ccccc4-5)c4ccccc4c(-c4ccc5c(c4)C4(c6ccccc6-c6ccccc64)c4ccccc4-5)c3c2)nc1. The van der Waals surface area contributed by atoms with Crippen LogP contribution in [0.1, 0.15) is 44.5 Å². The van der Waals surface area contributed by atoms with Crippen LogP contribution in [-0.4, -0.2) is 9.97 Å². The summed E-state index contributed by atoms with van der Waals surface area (Å²) in [5.74, 6) is 0.711. The molecule has 0 radical (unpaired) electrons. The molecule has 4 aliphatic carbocycles. The molecule has 2 spiro atoms. The third-order valence-electron chi connectivity index (χ3n) is 16.4.